The number of sulfonamides is 1. The van der Waals surface area contributed by atoms with E-state index in [9.17, 15) is 13.2 Å². The molecule has 0 heterocycles. The van der Waals surface area contributed by atoms with Crippen LogP contribution in [0, 0.1) is 5.41 Å². The molecule has 3 aromatic carbocycles. The number of nitrogen functional groups attached to an aromatic ring is 1. The fraction of sp³-hybridized carbons (Fsp3) is 0. The molecule has 0 aliphatic rings. The Bertz CT molecular complexity index is 1160. The lowest BCUT2D eigenvalue weighted by Crippen LogP contribution is -2.15. The maximum atomic E-state index is 12.4. The van der Waals surface area contributed by atoms with Gasteiger partial charge in [0.05, 0.1) is 4.90 Å². The van der Waals surface area contributed by atoms with E-state index < -0.39 is 10.0 Å². The molecule has 8 heteroatoms. The molecule has 1 amide bonds. The lowest BCUT2D eigenvalue weighted by Gasteiger charge is -2.10. The number of carbonyl (C=O) groups excluding carboxylic acids is 1. The van der Waals surface area contributed by atoms with Gasteiger partial charge in [-0.15, -0.1) is 0 Å². The van der Waals surface area contributed by atoms with Crippen LogP contribution >= 0.6 is 0 Å². The van der Waals surface area contributed by atoms with Crippen LogP contribution in [0.25, 0.3) is 11.1 Å². The Balaban J connectivity index is 1.84. The topological polar surface area (TPSA) is 139 Å². The highest BCUT2D eigenvalue weighted by Gasteiger charge is 2.14. The number of primary sulfonamides is 1. The molecule has 28 heavy (non-hydrogen) atoms. The van der Waals surface area contributed by atoms with Crippen molar-refractivity contribution in [1.29, 1.82) is 5.41 Å². The van der Waals surface area contributed by atoms with Gasteiger partial charge in [0.15, 0.2) is 0 Å². The maximum Gasteiger partial charge on any atom is 0.255 e. The molecule has 0 radical (unpaired) electrons. The number of carbonyl (C=O) groups is 1. The van der Waals surface area contributed by atoms with E-state index in [1.165, 1.54) is 12.1 Å². The standard InChI is InChI=1S/C20H18N4O3S/c21-19(22)14-4-3-5-15(12-14)20(25)24-16-10-8-13(9-11-16)17-6-1-2-7-18(17)28(23,26)27/h1-12H,(H3,21,22)(H,24,25)(H2,23,26,27). The van der Waals surface area contributed by atoms with Crippen molar-refractivity contribution in [2.75, 3.05) is 5.32 Å². The normalized spacial score (nSPS) is 11.0. The van der Waals surface area contributed by atoms with Crippen molar-refractivity contribution >= 4 is 27.5 Å². The molecular weight excluding hydrogens is 376 g/mol. The highest BCUT2D eigenvalue weighted by atomic mass is 32.2. The molecule has 0 saturated carbocycles. The van der Waals surface area contributed by atoms with Crippen molar-refractivity contribution in [3.05, 3.63) is 83.9 Å². The van der Waals surface area contributed by atoms with E-state index in [2.05, 4.69) is 5.32 Å². The minimum Gasteiger partial charge on any atom is -0.384 e. The minimum atomic E-state index is -3.86. The van der Waals surface area contributed by atoms with E-state index in [1.807, 2.05) is 0 Å². The van der Waals surface area contributed by atoms with Crippen LogP contribution in [-0.4, -0.2) is 20.2 Å². The summed E-state index contributed by atoms with van der Waals surface area (Å²) >= 11 is 0. The first-order valence-corrected chi connectivity index (χ1v) is 9.78. The van der Waals surface area contributed by atoms with Gasteiger partial charge in [-0.3, -0.25) is 10.2 Å². The van der Waals surface area contributed by atoms with Gasteiger partial charge in [-0.2, -0.15) is 0 Å². The molecular formula is C20H18N4O3S. The Morgan fingerprint density at radius 1 is 0.893 bits per heavy atom. The van der Waals surface area contributed by atoms with Gasteiger partial charge in [-0.05, 0) is 35.9 Å². The number of nitrogens with one attached hydrogen (secondary N) is 2. The van der Waals surface area contributed by atoms with Gasteiger partial charge in [0.1, 0.15) is 5.84 Å². The molecule has 7 nitrogen and oxygen atoms in total. The van der Waals surface area contributed by atoms with Crippen LogP contribution in [0.5, 0.6) is 0 Å². The van der Waals surface area contributed by atoms with E-state index >= 15 is 0 Å². The fourth-order valence-electron chi connectivity index (χ4n) is 2.72. The summed E-state index contributed by atoms with van der Waals surface area (Å²) < 4.78 is 23.5. The van der Waals surface area contributed by atoms with E-state index in [1.54, 1.807) is 60.7 Å². The van der Waals surface area contributed by atoms with E-state index in [-0.39, 0.29) is 16.6 Å². The summed E-state index contributed by atoms with van der Waals surface area (Å²) in [7, 11) is -3.86. The maximum absolute atomic E-state index is 12.4. The smallest absolute Gasteiger partial charge is 0.255 e. The first-order valence-electron chi connectivity index (χ1n) is 8.24. The van der Waals surface area contributed by atoms with Gasteiger partial charge in [0, 0.05) is 22.4 Å². The number of rotatable bonds is 5. The molecule has 142 valence electrons. The molecule has 0 aromatic heterocycles. The van der Waals surface area contributed by atoms with Crippen LogP contribution in [0.4, 0.5) is 5.69 Å². The van der Waals surface area contributed by atoms with Crippen molar-refractivity contribution in [1.82, 2.24) is 0 Å². The molecule has 6 N–H and O–H groups in total. The molecule has 0 spiro atoms. The third-order valence-electron chi connectivity index (χ3n) is 4.08. The van der Waals surface area contributed by atoms with Gasteiger partial charge < -0.3 is 11.1 Å². The van der Waals surface area contributed by atoms with Gasteiger partial charge >= 0.3 is 0 Å². The predicted octanol–water partition coefficient (Wildman–Crippen LogP) is 2.54. The van der Waals surface area contributed by atoms with E-state index in [0.717, 1.165) is 0 Å². The molecule has 0 atom stereocenters. The monoisotopic (exact) mass is 394 g/mol. The van der Waals surface area contributed by atoms with Crippen LogP contribution in [0.15, 0.2) is 77.7 Å². The largest absolute Gasteiger partial charge is 0.384 e. The van der Waals surface area contributed by atoms with Crippen LogP contribution in [0.3, 0.4) is 0 Å². The van der Waals surface area contributed by atoms with Crippen LogP contribution < -0.4 is 16.2 Å². The van der Waals surface area contributed by atoms with Gasteiger partial charge in [-0.25, -0.2) is 13.6 Å². The number of hydrogen-bond donors (Lipinski definition) is 4. The number of benzene rings is 3. The first-order chi connectivity index (χ1) is 13.3. The lowest BCUT2D eigenvalue weighted by atomic mass is 10.1. The molecule has 3 rings (SSSR count). The zero-order valence-electron chi connectivity index (χ0n) is 14.7. The summed E-state index contributed by atoms with van der Waals surface area (Å²) in [5.74, 6) is -0.465. The summed E-state index contributed by atoms with van der Waals surface area (Å²) in [6.45, 7) is 0. The number of amides is 1. The number of amidine groups is 1. The summed E-state index contributed by atoms with van der Waals surface area (Å²) in [5.41, 5.74) is 7.96. The van der Waals surface area contributed by atoms with Crippen molar-refractivity contribution < 1.29 is 13.2 Å². The second-order valence-electron chi connectivity index (χ2n) is 6.07. The highest BCUT2D eigenvalue weighted by molar-refractivity contribution is 7.89. The molecule has 0 unspecified atom stereocenters. The van der Waals surface area contributed by atoms with Crippen molar-refractivity contribution in [3.8, 4) is 11.1 Å². The molecule has 0 fully saturated rings. The third-order valence-corrected chi connectivity index (χ3v) is 5.05. The number of anilines is 1. The van der Waals surface area contributed by atoms with E-state index in [0.29, 0.717) is 27.9 Å². The molecule has 0 aliphatic carbocycles. The predicted molar refractivity (Wildman–Crippen MR) is 109 cm³/mol. The van der Waals surface area contributed by atoms with Crippen molar-refractivity contribution in [3.63, 3.8) is 0 Å². The summed E-state index contributed by atoms with van der Waals surface area (Å²) in [6.07, 6.45) is 0. The first kappa shape index (κ1) is 19.3. The van der Waals surface area contributed by atoms with Crippen LogP contribution in [0.2, 0.25) is 0 Å². The van der Waals surface area contributed by atoms with Crippen molar-refractivity contribution in [2.45, 2.75) is 4.90 Å². The quantitative estimate of drug-likeness (QED) is 0.390. The van der Waals surface area contributed by atoms with Crippen LogP contribution in [0.1, 0.15) is 15.9 Å². The Labute approximate surface area is 162 Å². The number of nitrogens with two attached hydrogens (primary N) is 2. The SMILES string of the molecule is N=C(N)c1cccc(C(=O)Nc2ccc(-c3ccccc3S(N)(=O)=O)cc2)c1. The Kier molecular flexibility index (Phi) is 5.25. The Hall–Kier alpha value is -3.49. The van der Waals surface area contributed by atoms with Gasteiger partial charge in [0.2, 0.25) is 10.0 Å². The zero-order chi connectivity index (χ0) is 20.3. The lowest BCUT2D eigenvalue weighted by molar-refractivity contribution is 0.102. The average Bonchev–Trinajstić information content (AvgIpc) is 2.68. The van der Waals surface area contributed by atoms with Crippen molar-refractivity contribution in [2.24, 2.45) is 10.9 Å². The molecule has 0 bridgehead atoms. The minimum absolute atomic E-state index is 0.0350. The molecule has 3 aromatic rings. The average molecular weight is 394 g/mol. The van der Waals surface area contributed by atoms with Gasteiger partial charge in [-0.1, -0.05) is 42.5 Å². The van der Waals surface area contributed by atoms with Gasteiger partial charge in [0.25, 0.3) is 5.91 Å². The molecule has 0 saturated heterocycles. The second-order valence-corrected chi connectivity index (χ2v) is 7.60. The number of hydrogen-bond acceptors (Lipinski definition) is 4. The Morgan fingerprint density at radius 2 is 1.54 bits per heavy atom. The third kappa shape index (κ3) is 4.25. The van der Waals surface area contributed by atoms with E-state index in [4.69, 9.17) is 16.3 Å². The fourth-order valence-corrected chi connectivity index (χ4v) is 3.48. The Morgan fingerprint density at radius 3 is 2.18 bits per heavy atom. The zero-order valence-corrected chi connectivity index (χ0v) is 15.5. The summed E-state index contributed by atoms with van der Waals surface area (Å²) in [4.78, 5) is 12.4. The second kappa shape index (κ2) is 7.63. The van der Waals surface area contributed by atoms with Crippen LogP contribution in [-0.2, 0) is 10.0 Å². The summed E-state index contributed by atoms with van der Waals surface area (Å²) in [6, 6.07) is 19.6. The summed E-state index contributed by atoms with van der Waals surface area (Å²) in [5, 5.41) is 15.5. The highest BCUT2D eigenvalue weighted by Crippen LogP contribution is 2.27. The molecule has 0 aliphatic heterocycles.